The highest BCUT2D eigenvalue weighted by Gasteiger charge is 2.37. The Kier molecular flexibility index (Phi) is 6.25. The van der Waals surface area contributed by atoms with E-state index in [-0.39, 0.29) is 17.0 Å². The number of carbonyl (C=O) groups is 1. The van der Waals surface area contributed by atoms with E-state index in [0.717, 1.165) is 11.3 Å². The molecule has 0 saturated carbocycles. The van der Waals surface area contributed by atoms with Crippen LogP contribution >= 0.6 is 11.3 Å². The van der Waals surface area contributed by atoms with Crippen LogP contribution < -0.4 is 30.0 Å². The Morgan fingerprint density at radius 2 is 1.74 bits per heavy atom. The van der Waals surface area contributed by atoms with Crippen molar-refractivity contribution in [2.45, 2.75) is 5.92 Å². The standard InChI is InChI=1S/C25H21N3O5S/c1-31-17-10-6-4-8-14(17)12-19-23(29)28-22(27)16(13-26)20(15-9-5-7-11-18(15)32-2)21(24(28)34-19)25(30)33-3/h4-12,20H,27H2,1-3H3/b19-12+. The first kappa shape index (κ1) is 22.9. The third-order valence-corrected chi connectivity index (χ3v) is 6.66. The highest BCUT2D eigenvalue weighted by Crippen LogP contribution is 2.40. The maximum atomic E-state index is 13.4. The predicted octanol–water partition coefficient (Wildman–Crippen LogP) is 1.53. The summed E-state index contributed by atoms with van der Waals surface area (Å²) in [5.41, 5.74) is 7.36. The van der Waals surface area contributed by atoms with Crippen LogP contribution in [0.2, 0.25) is 0 Å². The fraction of sp³-hybridized carbons (Fsp3) is 0.160. The molecule has 34 heavy (non-hydrogen) atoms. The van der Waals surface area contributed by atoms with Crippen LogP contribution in [0.25, 0.3) is 17.5 Å². The molecule has 2 N–H and O–H groups in total. The molecular formula is C25H21N3O5S. The molecule has 0 bridgehead atoms. The van der Waals surface area contributed by atoms with Gasteiger partial charge in [0.25, 0.3) is 5.56 Å². The molecule has 0 amide bonds. The Labute approximate surface area is 199 Å². The lowest BCUT2D eigenvalue weighted by Crippen LogP contribution is -2.40. The van der Waals surface area contributed by atoms with Gasteiger partial charge in [-0.15, -0.1) is 11.3 Å². The average Bonchev–Trinajstić information content (AvgIpc) is 3.19. The summed E-state index contributed by atoms with van der Waals surface area (Å²) in [5.74, 6) is -0.520. The van der Waals surface area contributed by atoms with E-state index in [2.05, 4.69) is 6.07 Å². The van der Waals surface area contributed by atoms with Gasteiger partial charge in [0.15, 0.2) is 0 Å². The summed E-state index contributed by atoms with van der Waals surface area (Å²) in [6.45, 7) is 0. The molecular weight excluding hydrogens is 454 g/mol. The molecule has 1 unspecified atom stereocenters. The van der Waals surface area contributed by atoms with Gasteiger partial charge in [-0.05, 0) is 18.2 Å². The van der Waals surface area contributed by atoms with Gasteiger partial charge in [0.1, 0.15) is 22.0 Å². The van der Waals surface area contributed by atoms with E-state index in [1.807, 2.05) is 18.2 Å². The van der Waals surface area contributed by atoms with E-state index in [1.54, 1.807) is 43.5 Å². The second kappa shape index (κ2) is 9.29. The highest BCUT2D eigenvalue weighted by atomic mass is 32.1. The quantitative estimate of drug-likeness (QED) is 0.556. The Morgan fingerprint density at radius 3 is 2.38 bits per heavy atom. The van der Waals surface area contributed by atoms with Crippen molar-refractivity contribution in [3.8, 4) is 17.6 Å². The van der Waals surface area contributed by atoms with Crippen LogP contribution in [0.3, 0.4) is 0 Å². The summed E-state index contributed by atoms with van der Waals surface area (Å²) in [6.07, 6.45) is 1.67. The summed E-state index contributed by atoms with van der Waals surface area (Å²) >= 11 is 1.09. The zero-order valence-corrected chi connectivity index (χ0v) is 19.5. The van der Waals surface area contributed by atoms with Gasteiger partial charge in [0, 0.05) is 11.1 Å². The van der Waals surface area contributed by atoms with Crippen molar-refractivity contribution >= 4 is 34.8 Å². The largest absolute Gasteiger partial charge is 0.496 e. The number of para-hydroxylation sites is 2. The molecule has 0 saturated heterocycles. The number of benzene rings is 2. The summed E-state index contributed by atoms with van der Waals surface area (Å²) in [6, 6.07) is 16.4. The molecule has 0 spiro atoms. The van der Waals surface area contributed by atoms with Crippen molar-refractivity contribution in [2.24, 2.45) is 5.73 Å². The summed E-state index contributed by atoms with van der Waals surface area (Å²) in [5, 5.41) is 10.0. The van der Waals surface area contributed by atoms with Crippen molar-refractivity contribution in [1.29, 1.82) is 5.26 Å². The Balaban J connectivity index is 2.13. The van der Waals surface area contributed by atoms with Gasteiger partial charge in [-0.2, -0.15) is 5.26 Å². The molecule has 0 fully saturated rings. The van der Waals surface area contributed by atoms with Crippen molar-refractivity contribution < 1.29 is 19.0 Å². The predicted molar refractivity (Wildman–Crippen MR) is 129 cm³/mol. The van der Waals surface area contributed by atoms with E-state index >= 15 is 0 Å². The minimum absolute atomic E-state index is 0.0398. The van der Waals surface area contributed by atoms with Crippen molar-refractivity contribution in [2.75, 3.05) is 21.3 Å². The molecule has 0 radical (unpaired) electrons. The van der Waals surface area contributed by atoms with E-state index in [9.17, 15) is 14.9 Å². The van der Waals surface area contributed by atoms with Crippen LogP contribution in [0.1, 0.15) is 17.0 Å². The Bertz CT molecular complexity index is 1540. The Hall–Kier alpha value is -4.29. The number of hydrogen-bond donors (Lipinski definition) is 1. The molecule has 3 aromatic rings. The van der Waals surface area contributed by atoms with E-state index in [1.165, 1.54) is 18.8 Å². The molecule has 1 aromatic heterocycles. The number of allylic oxidation sites excluding steroid dienone is 1. The SMILES string of the molecule is COC(=O)C1=c2s/c(=C/c3ccccc3OC)c(=O)n2C(N)=C(C#N)C1c1ccccc1OC. The van der Waals surface area contributed by atoms with Crippen molar-refractivity contribution in [3.05, 3.63) is 84.8 Å². The monoisotopic (exact) mass is 475 g/mol. The first-order chi connectivity index (χ1) is 16.5. The van der Waals surface area contributed by atoms with Crippen LogP contribution in [0, 0.1) is 11.3 Å². The van der Waals surface area contributed by atoms with Gasteiger partial charge < -0.3 is 19.9 Å². The molecule has 2 heterocycles. The second-order valence-corrected chi connectivity index (χ2v) is 8.32. The molecule has 1 aliphatic rings. The van der Waals surface area contributed by atoms with Gasteiger partial charge in [-0.3, -0.25) is 9.36 Å². The van der Waals surface area contributed by atoms with Crippen LogP contribution in [-0.2, 0) is 9.53 Å². The van der Waals surface area contributed by atoms with Crippen LogP contribution in [0.15, 0.2) is 58.9 Å². The van der Waals surface area contributed by atoms with Crippen LogP contribution in [0.5, 0.6) is 11.5 Å². The molecule has 8 nitrogen and oxygen atoms in total. The number of nitriles is 1. The van der Waals surface area contributed by atoms with Gasteiger partial charge in [0.2, 0.25) is 0 Å². The summed E-state index contributed by atoms with van der Waals surface area (Å²) in [7, 11) is 4.29. The third kappa shape index (κ3) is 3.64. The summed E-state index contributed by atoms with van der Waals surface area (Å²) < 4.78 is 17.8. The highest BCUT2D eigenvalue weighted by molar-refractivity contribution is 7.07. The van der Waals surface area contributed by atoms with Gasteiger partial charge in [-0.25, -0.2) is 4.79 Å². The molecule has 4 rings (SSSR count). The number of ether oxygens (including phenoxy) is 3. The fourth-order valence-electron chi connectivity index (χ4n) is 4.00. The maximum Gasteiger partial charge on any atom is 0.337 e. The van der Waals surface area contributed by atoms with Crippen molar-refractivity contribution in [3.63, 3.8) is 0 Å². The number of hydrogen-bond acceptors (Lipinski definition) is 8. The number of carbonyl (C=O) groups excluding carboxylic acids is 1. The number of fused-ring (bicyclic) bond motifs is 1. The molecule has 2 aromatic carbocycles. The number of rotatable bonds is 5. The number of aromatic nitrogens is 1. The number of nitrogens with two attached hydrogens (primary N) is 1. The zero-order chi connectivity index (χ0) is 24.4. The Morgan fingerprint density at radius 1 is 1.09 bits per heavy atom. The van der Waals surface area contributed by atoms with Crippen LogP contribution in [-0.4, -0.2) is 31.9 Å². The minimum Gasteiger partial charge on any atom is -0.496 e. The summed E-state index contributed by atoms with van der Waals surface area (Å²) in [4.78, 5) is 26.4. The first-order valence-electron chi connectivity index (χ1n) is 10.2. The minimum atomic E-state index is -0.870. The number of methoxy groups -OCH3 is 3. The molecule has 1 aliphatic heterocycles. The van der Waals surface area contributed by atoms with E-state index in [0.29, 0.717) is 31.8 Å². The van der Waals surface area contributed by atoms with Gasteiger partial charge in [0.05, 0.1) is 49.0 Å². The number of nitrogens with zero attached hydrogens (tertiary/aromatic N) is 2. The molecule has 0 aliphatic carbocycles. The lowest BCUT2D eigenvalue weighted by Gasteiger charge is -2.25. The van der Waals surface area contributed by atoms with Gasteiger partial charge >= 0.3 is 5.97 Å². The number of thiazole rings is 1. The number of esters is 1. The van der Waals surface area contributed by atoms with Crippen molar-refractivity contribution in [1.82, 2.24) is 4.57 Å². The fourth-order valence-corrected chi connectivity index (χ4v) is 5.15. The molecule has 9 heteroatoms. The smallest absolute Gasteiger partial charge is 0.337 e. The molecule has 172 valence electrons. The normalized spacial score (nSPS) is 15.5. The third-order valence-electron chi connectivity index (χ3n) is 5.55. The van der Waals surface area contributed by atoms with E-state index < -0.39 is 17.4 Å². The average molecular weight is 476 g/mol. The topological polar surface area (TPSA) is 117 Å². The van der Waals surface area contributed by atoms with E-state index in [4.69, 9.17) is 19.9 Å². The zero-order valence-electron chi connectivity index (χ0n) is 18.7. The second-order valence-electron chi connectivity index (χ2n) is 7.29. The van der Waals surface area contributed by atoms with Gasteiger partial charge in [-0.1, -0.05) is 36.4 Å². The maximum absolute atomic E-state index is 13.4. The lowest BCUT2D eigenvalue weighted by molar-refractivity contribution is -0.134. The lowest BCUT2D eigenvalue weighted by atomic mass is 9.83. The van der Waals surface area contributed by atoms with Crippen LogP contribution in [0.4, 0.5) is 0 Å². The molecule has 1 atom stereocenters. The first-order valence-corrected chi connectivity index (χ1v) is 11.0.